The monoisotopic (exact) mass is 625 g/mol. The Morgan fingerprint density at radius 2 is 1.96 bits per heavy atom. The molecule has 3 rings (SSSR count). The summed E-state index contributed by atoms with van der Waals surface area (Å²) >= 11 is 3.50. The number of alkyl halides is 4. The zero-order valence-electron chi connectivity index (χ0n) is 13.2. The van der Waals surface area contributed by atoms with E-state index in [4.69, 9.17) is 0 Å². The number of rotatable bonds is 3. The van der Waals surface area contributed by atoms with Crippen molar-refractivity contribution in [2.24, 2.45) is 0 Å². The normalized spacial score (nSPS) is 24.1. The molecule has 0 amide bonds. The molecule has 0 aliphatic heterocycles. The Morgan fingerprint density at radius 3 is 2.62 bits per heavy atom. The van der Waals surface area contributed by atoms with Crippen LogP contribution in [0, 0.1) is 0 Å². The second-order valence-corrected chi connectivity index (χ2v) is 12.6. The van der Waals surface area contributed by atoms with Crippen molar-refractivity contribution in [2.75, 3.05) is 0 Å². The second-order valence-electron chi connectivity index (χ2n) is 5.83. The third kappa shape index (κ3) is 3.55. The minimum absolute atomic E-state index is 0.00665. The van der Waals surface area contributed by atoms with Gasteiger partial charge in [0.2, 0.25) is 0 Å². The Bertz CT molecular complexity index is 1030. The van der Waals surface area contributed by atoms with Crippen LogP contribution in [0.15, 0.2) is 53.2 Å². The molecule has 1 heterocycles. The summed E-state index contributed by atoms with van der Waals surface area (Å²) in [6.45, 7) is 1.58. The number of para-hydroxylation sites is 1. The topological polar surface area (TPSA) is 39.1 Å². The van der Waals surface area contributed by atoms with Crippen LogP contribution in [0.25, 0.3) is 10.9 Å². The van der Waals surface area contributed by atoms with E-state index >= 15 is 0 Å². The third-order valence-electron chi connectivity index (χ3n) is 4.08. The quantitative estimate of drug-likeness (QED) is 0.293. The van der Waals surface area contributed by atoms with Crippen LogP contribution in [-0.4, -0.2) is 41.1 Å². The van der Waals surface area contributed by atoms with Gasteiger partial charge < -0.3 is 0 Å². The number of halogens is 5. The molecule has 1 aromatic heterocycles. The van der Waals surface area contributed by atoms with Gasteiger partial charge in [-0.1, -0.05) is 0 Å². The average Bonchev–Trinajstić information content (AvgIpc) is 2.89. The number of fused-ring (bicyclic) bond motifs is 1. The maximum absolute atomic E-state index is 13.4. The van der Waals surface area contributed by atoms with Crippen LogP contribution in [-0.2, 0) is 10.0 Å². The Kier molecular flexibility index (Phi) is 5.46. The van der Waals surface area contributed by atoms with Crippen LogP contribution in [0.2, 0.25) is 0 Å². The van der Waals surface area contributed by atoms with E-state index in [0.717, 1.165) is 10.2 Å². The first-order valence-electron chi connectivity index (χ1n) is 7.27. The molecular formula is C16H12BrF3INO2SSe. The van der Waals surface area contributed by atoms with Crippen molar-refractivity contribution in [1.29, 1.82) is 0 Å². The van der Waals surface area contributed by atoms with Gasteiger partial charge in [-0.25, -0.2) is 0 Å². The van der Waals surface area contributed by atoms with Crippen molar-refractivity contribution >= 4 is 78.9 Å². The molecule has 2 aromatic rings. The summed E-state index contributed by atoms with van der Waals surface area (Å²) in [5, 5.41) is -4.05. The van der Waals surface area contributed by atoms with E-state index in [2.05, 4.69) is 15.9 Å². The van der Waals surface area contributed by atoms with Crippen molar-refractivity contribution in [1.82, 2.24) is 3.97 Å². The number of hydrogen-bond donors (Lipinski definition) is 0. The van der Waals surface area contributed by atoms with E-state index in [9.17, 15) is 21.6 Å². The van der Waals surface area contributed by atoms with E-state index < -0.39 is 34.8 Å². The first-order chi connectivity index (χ1) is 12.0. The van der Waals surface area contributed by atoms with Crippen LogP contribution in [0.4, 0.5) is 13.2 Å². The molecule has 3 nitrogen and oxygen atoms in total. The standard InChI is InChI=1S/C16H12BrF3INO2SSe/c1-15(8-10(17)6-7-14(15)21)25(23,24)22-9-13(26-16(18,19)20)11-4-2-3-5-12(11)22/h2-9,14H,1H3. The van der Waals surface area contributed by atoms with Crippen LogP contribution >= 0.6 is 38.5 Å². The van der Waals surface area contributed by atoms with Gasteiger partial charge in [0.05, 0.1) is 0 Å². The van der Waals surface area contributed by atoms with E-state index in [-0.39, 0.29) is 13.9 Å². The molecule has 1 aliphatic carbocycles. The van der Waals surface area contributed by atoms with Crippen LogP contribution in [0.5, 0.6) is 0 Å². The van der Waals surface area contributed by atoms with Gasteiger partial charge in [-0.2, -0.15) is 0 Å². The van der Waals surface area contributed by atoms with Crippen molar-refractivity contribution in [3.8, 4) is 0 Å². The molecule has 2 atom stereocenters. The molecule has 0 fully saturated rings. The number of hydrogen-bond acceptors (Lipinski definition) is 2. The maximum atomic E-state index is 13.4. The summed E-state index contributed by atoms with van der Waals surface area (Å²) in [7, 11) is -4.01. The zero-order valence-corrected chi connectivity index (χ0v) is 19.4. The van der Waals surface area contributed by atoms with Gasteiger partial charge in [0.15, 0.2) is 0 Å². The first-order valence-corrected chi connectivity index (χ1v) is 12.5. The van der Waals surface area contributed by atoms with Gasteiger partial charge in [-0.15, -0.1) is 0 Å². The molecule has 0 radical (unpaired) electrons. The van der Waals surface area contributed by atoms with Crippen LogP contribution in [0.3, 0.4) is 0 Å². The molecule has 0 bridgehead atoms. The van der Waals surface area contributed by atoms with Gasteiger partial charge in [-0.05, 0) is 0 Å². The Hall–Kier alpha value is -0.291. The number of allylic oxidation sites excluding steroid dienone is 3. The number of aromatic nitrogens is 1. The molecule has 140 valence electrons. The predicted molar refractivity (Wildman–Crippen MR) is 110 cm³/mol. The van der Waals surface area contributed by atoms with E-state index in [1.165, 1.54) is 12.1 Å². The summed E-state index contributed by atoms with van der Waals surface area (Å²) in [5.74, 6) is 0. The first kappa shape index (κ1) is 20.4. The van der Waals surface area contributed by atoms with Crippen LogP contribution < -0.4 is 4.46 Å². The third-order valence-corrected chi connectivity index (χ3v) is 10.6. The molecule has 26 heavy (non-hydrogen) atoms. The zero-order chi connectivity index (χ0) is 19.3. The molecule has 0 spiro atoms. The van der Waals surface area contributed by atoms with E-state index in [0.29, 0.717) is 9.87 Å². The van der Waals surface area contributed by atoms with Gasteiger partial charge in [-0.3, -0.25) is 0 Å². The molecule has 0 N–H and O–H groups in total. The summed E-state index contributed by atoms with van der Waals surface area (Å²) in [4.78, 5) is 0. The minimum atomic E-state index is -4.36. The summed E-state index contributed by atoms with van der Waals surface area (Å²) in [6, 6.07) is 6.29. The van der Waals surface area contributed by atoms with Crippen LogP contribution in [0.1, 0.15) is 6.92 Å². The van der Waals surface area contributed by atoms with E-state index in [1.807, 2.05) is 22.6 Å². The fraction of sp³-hybridized carbons (Fsp3) is 0.250. The second kappa shape index (κ2) is 6.95. The molecule has 2 unspecified atom stereocenters. The summed E-state index contributed by atoms with van der Waals surface area (Å²) in [5.41, 5.74) is 0.262. The van der Waals surface area contributed by atoms with Crippen molar-refractivity contribution < 1.29 is 21.6 Å². The number of benzene rings is 1. The Morgan fingerprint density at radius 1 is 1.31 bits per heavy atom. The van der Waals surface area contributed by atoms with Crippen molar-refractivity contribution in [3.05, 3.63) is 53.2 Å². The summed E-state index contributed by atoms with van der Waals surface area (Å²) < 4.78 is 65.7. The van der Waals surface area contributed by atoms with Gasteiger partial charge >= 0.3 is 178 Å². The fourth-order valence-corrected chi connectivity index (χ4v) is 8.18. The predicted octanol–water partition coefficient (Wildman–Crippen LogP) is 4.08. The Labute approximate surface area is 177 Å². The van der Waals surface area contributed by atoms with Gasteiger partial charge in [0.1, 0.15) is 0 Å². The van der Waals surface area contributed by atoms with Crippen molar-refractivity contribution in [2.45, 2.75) is 20.7 Å². The SMILES string of the molecule is CC1(S(=O)(=O)n2cc([Se]C(F)(F)F)c3ccccc32)C=C(Br)C=CC1I. The summed E-state index contributed by atoms with van der Waals surface area (Å²) in [6.07, 6.45) is 6.24. The van der Waals surface area contributed by atoms with E-state index in [1.54, 1.807) is 37.3 Å². The van der Waals surface area contributed by atoms with Gasteiger partial charge in [0.25, 0.3) is 0 Å². The molecule has 0 saturated carbocycles. The molecule has 0 saturated heterocycles. The molecule has 1 aliphatic rings. The Balaban J connectivity index is 2.24. The molecular weight excluding hydrogens is 613 g/mol. The average molecular weight is 625 g/mol. The molecule has 10 heteroatoms. The van der Waals surface area contributed by atoms with Crippen molar-refractivity contribution in [3.63, 3.8) is 0 Å². The fourth-order valence-electron chi connectivity index (χ4n) is 2.72. The number of nitrogens with zero attached hydrogens (tertiary/aromatic N) is 1. The van der Waals surface area contributed by atoms with Gasteiger partial charge in [0, 0.05) is 0 Å². The molecule has 1 aromatic carbocycles.